The lowest BCUT2D eigenvalue weighted by Gasteiger charge is -2.54. The molecule has 0 aliphatic carbocycles. The molecule has 0 nitrogen and oxygen atoms in total. The van der Waals surface area contributed by atoms with Gasteiger partial charge >= 0.3 is 0 Å². The van der Waals surface area contributed by atoms with E-state index in [0.717, 1.165) is 0 Å². The number of hydrogen-bond acceptors (Lipinski definition) is 0. The largest absolute Gasteiger partial charge is 0.104 e. The Balaban J connectivity index is 5.03. The van der Waals surface area contributed by atoms with Gasteiger partial charge in [0, 0.05) is 0 Å². The Morgan fingerprint density at radius 3 is 1.71 bits per heavy atom. The monoisotopic (exact) mass is 191 g/mol. The fourth-order valence-electron chi connectivity index (χ4n) is 2.67. The molecule has 0 N–H and O–H groups in total. The molecule has 1 unspecified atom stereocenters. The second kappa shape index (κ2) is 4.33. The number of hydrogen-bond donors (Lipinski definition) is 0. The zero-order valence-electron chi connectivity index (χ0n) is 11.1. The second-order valence-corrected chi connectivity index (χ2v) is 6.04. The summed E-state index contributed by atoms with van der Waals surface area (Å²) in [6.45, 7) is 15.5. The Bertz CT molecular complexity index is 179. The van der Waals surface area contributed by atoms with Crippen molar-refractivity contribution in [3.63, 3.8) is 0 Å². The van der Waals surface area contributed by atoms with Crippen LogP contribution in [-0.2, 0) is 0 Å². The third kappa shape index (κ3) is 2.38. The molecule has 3 radical (unpaired) electrons. The van der Waals surface area contributed by atoms with E-state index in [4.69, 9.17) is 7.85 Å². The highest BCUT2D eigenvalue weighted by atomic mass is 14.4. The Morgan fingerprint density at radius 2 is 1.50 bits per heavy atom. The highest BCUT2D eigenvalue weighted by Gasteiger charge is 2.46. The van der Waals surface area contributed by atoms with Gasteiger partial charge in [0.1, 0.15) is 7.28 Å². The molecule has 0 saturated carbocycles. The third-order valence-electron chi connectivity index (χ3n) is 3.69. The van der Waals surface area contributed by atoms with Crippen LogP contribution in [0.3, 0.4) is 0 Å². The molecule has 79 valence electrons. The summed E-state index contributed by atoms with van der Waals surface area (Å²) in [7, 11) is 8.77. The van der Waals surface area contributed by atoms with Gasteiger partial charge in [-0.2, -0.15) is 0 Å². The van der Waals surface area contributed by atoms with Crippen LogP contribution in [0.1, 0.15) is 54.4 Å². The fourth-order valence-corrected chi connectivity index (χ4v) is 2.67. The molecule has 0 rings (SSSR count). The lowest BCUT2D eigenvalue weighted by atomic mass is 9.27. The topological polar surface area (TPSA) is 0 Å². The first-order chi connectivity index (χ1) is 6.12. The van der Waals surface area contributed by atoms with E-state index in [-0.39, 0.29) is 16.0 Å². The Hall–Kier alpha value is 0.130. The van der Waals surface area contributed by atoms with Crippen molar-refractivity contribution in [2.75, 3.05) is 0 Å². The van der Waals surface area contributed by atoms with Crippen LogP contribution in [-0.4, -0.2) is 15.1 Å². The smallest absolute Gasteiger partial charge is 0.0921 e. The van der Waals surface area contributed by atoms with Gasteiger partial charge in [-0.15, -0.1) is 0 Å². The molecule has 0 bridgehead atoms. The summed E-state index contributed by atoms with van der Waals surface area (Å²) in [5, 5.41) is -0.198. The van der Waals surface area contributed by atoms with E-state index in [9.17, 15) is 0 Å². The Morgan fingerprint density at radius 1 is 1.07 bits per heavy atom. The summed E-state index contributed by atoms with van der Waals surface area (Å²) in [5.41, 5.74) is 0.273. The number of rotatable bonds is 4. The normalized spacial score (nSPS) is 17.6. The van der Waals surface area contributed by atoms with Crippen LogP contribution in [0.2, 0.25) is 12.0 Å². The molecule has 0 aromatic rings. The highest BCUT2D eigenvalue weighted by molar-refractivity contribution is 6.53. The summed E-state index contributed by atoms with van der Waals surface area (Å²) in [6.07, 6.45) is 2.36. The van der Waals surface area contributed by atoms with Crippen LogP contribution in [0.25, 0.3) is 0 Å². The summed E-state index contributed by atoms with van der Waals surface area (Å²) in [5.74, 6) is 0. The summed E-state index contributed by atoms with van der Waals surface area (Å²) in [4.78, 5) is 0. The minimum Gasteiger partial charge on any atom is -0.0921 e. The first-order valence-corrected chi connectivity index (χ1v) is 5.72. The average molecular weight is 191 g/mol. The van der Waals surface area contributed by atoms with Gasteiger partial charge in [0.15, 0.2) is 0 Å². The van der Waals surface area contributed by atoms with Crippen molar-refractivity contribution in [2.45, 2.75) is 66.4 Å². The summed E-state index contributed by atoms with van der Waals surface area (Å²) < 4.78 is 0. The van der Waals surface area contributed by atoms with Gasteiger partial charge in [0.25, 0.3) is 0 Å². The molecule has 0 aliphatic rings. The first kappa shape index (κ1) is 14.1. The van der Waals surface area contributed by atoms with Crippen molar-refractivity contribution in [3.05, 3.63) is 0 Å². The molecule has 0 heterocycles. The molecule has 14 heavy (non-hydrogen) atoms. The lowest BCUT2D eigenvalue weighted by molar-refractivity contribution is 0.163. The van der Waals surface area contributed by atoms with Gasteiger partial charge in [0.2, 0.25) is 0 Å². The van der Waals surface area contributed by atoms with Crippen LogP contribution in [0.15, 0.2) is 0 Å². The van der Waals surface area contributed by atoms with E-state index < -0.39 is 0 Å². The maximum absolute atomic E-state index is 6.58. The minimum atomic E-state index is -0.198. The van der Waals surface area contributed by atoms with Gasteiger partial charge in [-0.3, -0.25) is 0 Å². The third-order valence-corrected chi connectivity index (χ3v) is 3.69. The molecule has 1 atom stereocenters. The Kier molecular flexibility index (Phi) is 4.37. The highest BCUT2D eigenvalue weighted by Crippen LogP contribution is 2.56. The van der Waals surface area contributed by atoms with Crippen molar-refractivity contribution in [2.24, 2.45) is 10.8 Å². The van der Waals surface area contributed by atoms with E-state index in [1.807, 2.05) is 0 Å². The summed E-state index contributed by atoms with van der Waals surface area (Å²) >= 11 is 0. The van der Waals surface area contributed by atoms with E-state index in [2.05, 4.69) is 55.6 Å². The first-order valence-electron chi connectivity index (χ1n) is 5.72. The molecule has 0 aliphatic heterocycles. The van der Waals surface area contributed by atoms with E-state index >= 15 is 0 Å². The summed E-state index contributed by atoms with van der Waals surface area (Å²) in [6, 6.07) is 0. The lowest BCUT2D eigenvalue weighted by Crippen LogP contribution is -2.45. The second-order valence-electron chi connectivity index (χ2n) is 6.04. The van der Waals surface area contributed by atoms with E-state index in [1.165, 1.54) is 12.8 Å². The van der Waals surface area contributed by atoms with Gasteiger partial charge in [-0.05, 0) is 17.3 Å². The van der Waals surface area contributed by atoms with Crippen LogP contribution in [0.5, 0.6) is 0 Å². The molecule has 0 aromatic heterocycles. The molecule has 2 heteroatoms. The maximum Gasteiger partial charge on any atom is 0.104 e. The average Bonchev–Trinajstić information content (AvgIpc) is 2.00. The predicted octanol–water partition coefficient (Wildman–Crippen LogP) is 3.90. The van der Waals surface area contributed by atoms with Gasteiger partial charge < -0.3 is 0 Å². The van der Waals surface area contributed by atoms with Crippen LogP contribution < -0.4 is 0 Å². The van der Waals surface area contributed by atoms with Crippen LogP contribution >= 0.6 is 0 Å². The van der Waals surface area contributed by atoms with Crippen LogP contribution in [0.4, 0.5) is 0 Å². The molecule has 0 amide bonds. The Labute approximate surface area is 92.9 Å². The molecular weight excluding hydrogens is 166 g/mol. The molecule has 0 aromatic carbocycles. The van der Waals surface area contributed by atoms with Crippen molar-refractivity contribution >= 4 is 15.1 Å². The van der Waals surface area contributed by atoms with Crippen molar-refractivity contribution < 1.29 is 0 Å². The molecular formula is C12H25B2. The quantitative estimate of drug-likeness (QED) is 0.591. The fraction of sp³-hybridized carbons (Fsp3) is 1.00. The molecule has 0 saturated heterocycles. The zero-order chi connectivity index (χ0) is 11.6. The van der Waals surface area contributed by atoms with Gasteiger partial charge in [-0.25, -0.2) is 0 Å². The predicted molar refractivity (Wildman–Crippen MR) is 68.2 cm³/mol. The SMILES string of the molecule is [B]C([B]C)(C(C)(C)C)C(C)(C)CCC. The van der Waals surface area contributed by atoms with Gasteiger partial charge in [0.05, 0.1) is 7.85 Å². The molecule has 0 fully saturated rings. The van der Waals surface area contributed by atoms with Crippen molar-refractivity contribution in [1.82, 2.24) is 0 Å². The van der Waals surface area contributed by atoms with Crippen molar-refractivity contribution in [3.8, 4) is 0 Å². The van der Waals surface area contributed by atoms with Crippen LogP contribution in [0, 0.1) is 10.8 Å². The minimum absolute atomic E-state index is 0.112. The van der Waals surface area contributed by atoms with E-state index in [1.54, 1.807) is 0 Å². The maximum atomic E-state index is 6.58. The van der Waals surface area contributed by atoms with Gasteiger partial charge in [-0.1, -0.05) is 60.0 Å². The zero-order valence-corrected chi connectivity index (χ0v) is 11.1. The molecule has 0 spiro atoms. The van der Waals surface area contributed by atoms with E-state index in [0.29, 0.717) is 0 Å². The van der Waals surface area contributed by atoms with Crippen molar-refractivity contribution in [1.29, 1.82) is 0 Å². The standard InChI is InChI=1S/C12H25B2/c1-8-9-11(5,6)12(13,14-7)10(2,3)4/h8-9H2,1-7H3.